The molecule has 1 saturated carbocycles. The zero-order valence-electron chi connectivity index (χ0n) is 11.0. The largest absolute Gasteiger partial charge is 0.382 e. The van der Waals surface area contributed by atoms with Crippen LogP contribution < -0.4 is 5.73 Å². The second-order valence-corrected chi connectivity index (χ2v) is 6.41. The maximum absolute atomic E-state index is 5.78. The smallest absolute Gasteiger partial charge is 0.165 e. The average molecular weight is 277 g/mol. The van der Waals surface area contributed by atoms with Gasteiger partial charge in [0.25, 0.3) is 0 Å². The van der Waals surface area contributed by atoms with Gasteiger partial charge in [-0.1, -0.05) is 12.8 Å². The van der Waals surface area contributed by atoms with E-state index < -0.39 is 0 Å². The van der Waals surface area contributed by atoms with E-state index in [0.717, 1.165) is 23.9 Å². The van der Waals surface area contributed by atoms with Crippen molar-refractivity contribution in [3.05, 3.63) is 12.7 Å². The van der Waals surface area contributed by atoms with Gasteiger partial charge in [-0.2, -0.15) is 11.8 Å². The Balaban J connectivity index is 1.55. The number of thioether (sulfide) groups is 1. The zero-order valence-corrected chi connectivity index (χ0v) is 11.8. The number of nitrogens with zero attached hydrogens (tertiary/aromatic N) is 4. The number of aryl methyl sites for hydroxylation is 1. The first-order valence-electron chi connectivity index (χ1n) is 6.87. The summed E-state index contributed by atoms with van der Waals surface area (Å²) in [6, 6.07) is 0. The third-order valence-electron chi connectivity index (χ3n) is 3.63. The van der Waals surface area contributed by atoms with Crippen LogP contribution in [0.2, 0.25) is 0 Å². The lowest BCUT2D eigenvalue weighted by Gasteiger charge is -2.08. The number of anilines is 1. The molecule has 2 N–H and O–H groups in total. The molecule has 19 heavy (non-hydrogen) atoms. The summed E-state index contributed by atoms with van der Waals surface area (Å²) in [4.78, 5) is 12.5. The van der Waals surface area contributed by atoms with E-state index >= 15 is 0 Å². The summed E-state index contributed by atoms with van der Waals surface area (Å²) in [6.07, 6.45) is 10.1. The van der Waals surface area contributed by atoms with Crippen LogP contribution in [0.15, 0.2) is 12.7 Å². The molecule has 0 radical (unpaired) electrons. The molecule has 0 spiro atoms. The Morgan fingerprint density at radius 2 is 2.11 bits per heavy atom. The van der Waals surface area contributed by atoms with Crippen LogP contribution in [-0.2, 0) is 6.54 Å². The van der Waals surface area contributed by atoms with E-state index in [0.29, 0.717) is 11.3 Å². The highest BCUT2D eigenvalue weighted by atomic mass is 32.2. The standard InChI is InChI=1S/C13H19N5S/c14-12-11-13(16-8-15-12)18(9-17-11)6-3-7-19-10-4-1-2-5-10/h8-10H,1-7H2,(H2,14,15,16). The molecular formula is C13H19N5S. The molecule has 102 valence electrons. The fourth-order valence-corrected chi connectivity index (χ4v) is 3.90. The summed E-state index contributed by atoms with van der Waals surface area (Å²) in [6.45, 7) is 0.951. The quantitative estimate of drug-likeness (QED) is 0.850. The summed E-state index contributed by atoms with van der Waals surface area (Å²) >= 11 is 2.12. The molecule has 0 amide bonds. The van der Waals surface area contributed by atoms with E-state index in [1.54, 1.807) is 0 Å². The SMILES string of the molecule is Nc1ncnc2c1ncn2CCCSC1CCCC1. The summed E-state index contributed by atoms with van der Waals surface area (Å²) in [5.41, 5.74) is 7.34. The lowest BCUT2D eigenvalue weighted by Crippen LogP contribution is -2.02. The van der Waals surface area contributed by atoms with Crippen molar-refractivity contribution in [1.82, 2.24) is 19.5 Å². The van der Waals surface area contributed by atoms with Crippen molar-refractivity contribution < 1.29 is 0 Å². The molecule has 1 fully saturated rings. The summed E-state index contributed by atoms with van der Waals surface area (Å²) in [5, 5.41) is 0.900. The molecule has 0 unspecified atom stereocenters. The Bertz CT molecular complexity index is 547. The molecule has 2 heterocycles. The predicted molar refractivity (Wildman–Crippen MR) is 79.1 cm³/mol. The van der Waals surface area contributed by atoms with Crippen LogP contribution in [0.4, 0.5) is 5.82 Å². The van der Waals surface area contributed by atoms with Crippen molar-refractivity contribution in [2.75, 3.05) is 11.5 Å². The molecule has 5 nitrogen and oxygen atoms in total. The number of rotatable bonds is 5. The fourth-order valence-electron chi connectivity index (χ4n) is 2.60. The topological polar surface area (TPSA) is 69.6 Å². The van der Waals surface area contributed by atoms with Gasteiger partial charge in [-0.05, 0) is 25.0 Å². The minimum absolute atomic E-state index is 0.462. The maximum atomic E-state index is 5.78. The molecule has 1 aliphatic carbocycles. The Kier molecular flexibility index (Phi) is 3.87. The minimum atomic E-state index is 0.462. The monoisotopic (exact) mass is 277 g/mol. The zero-order chi connectivity index (χ0) is 13.1. The first-order valence-corrected chi connectivity index (χ1v) is 7.92. The van der Waals surface area contributed by atoms with E-state index in [-0.39, 0.29) is 0 Å². The van der Waals surface area contributed by atoms with Crippen molar-refractivity contribution in [2.45, 2.75) is 43.9 Å². The Morgan fingerprint density at radius 3 is 2.95 bits per heavy atom. The van der Waals surface area contributed by atoms with Gasteiger partial charge >= 0.3 is 0 Å². The summed E-state index contributed by atoms with van der Waals surface area (Å²) in [7, 11) is 0. The third-order valence-corrected chi connectivity index (χ3v) is 5.10. The second kappa shape index (κ2) is 5.77. The number of nitrogens with two attached hydrogens (primary N) is 1. The van der Waals surface area contributed by atoms with Crippen molar-refractivity contribution in [3.63, 3.8) is 0 Å². The lowest BCUT2D eigenvalue weighted by molar-refractivity contribution is 0.695. The number of nitrogen functional groups attached to an aromatic ring is 1. The van der Waals surface area contributed by atoms with E-state index in [9.17, 15) is 0 Å². The highest BCUT2D eigenvalue weighted by Gasteiger charge is 2.14. The van der Waals surface area contributed by atoms with Gasteiger partial charge in [-0.15, -0.1) is 0 Å². The molecule has 2 aromatic rings. The van der Waals surface area contributed by atoms with Crippen molar-refractivity contribution >= 4 is 28.7 Å². The maximum Gasteiger partial charge on any atom is 0.165 e. The van der Waals surface area contributed by atoms with E-state index in [4.69, 9.17) is 5.73 Å². The van der Waals surface area contributed by atoms with Crippen LogP contribution in [0.3, 0.4) is 0 Å². The molecule has 0 aromatic carbocycles. The minimum Gasteiger partial charge on any atom is -0.382 e. The normalized spacial score (nSPS) is 16.4. The van der Waals surface area contributed by atoms with Crippen LogP contribution in [0.25, 0.3) is 11.2 Å². The van der Waals surface area contributed by atoms with Crippen LogP contribution >= 0.6 is 11.8 Å². The van der Waals surface area contributed by atoms with Crippen molar-refractivity contribution in [2.24, 2.45) is 0 Å². The van der Waals surface area contributed by atoms with Crippen LogP contribution in [0.5, 0.6) is 0 Å². The van der Waals surface area contributed by atoms with Gasteiger partial charge in [0.05, 0.1) is 6.33 Å². The number of aromatic nitrogens is 4. The van der Waals surface area contributed by atoms with Crippen LogP contribution in [-0.4, -0.2) is 30.5 Å². The first-order chi connectivity index (χ1) is 9.34. The van der Waals surface area contributed by atoms with Gasteiger partial charge < -0.3 is 10.3 Å². The van der Waals surface area contributed by atoms with Gasteiger partial charge in [-0.3, -0.25) is 0 Å². The molecule has 6 heteroatoms. The molecule has 1 aliphatic rings. The van der Waals surface area contributed by atoms with Gasteiger partial charge in [0, 0.05) is 11.8 Å². The van der Waals surface area contributed by atoms with E-state index in [1.165, 1.54) is 37.8 Å². The third kappa shape index (κ3) is 2.83. The highest BCUT2D eigenvalue weighted by molar-refractivity contribution is 7.99. The average Bonchev–Trinajstić information content (AvgIpc) is 3.05. The molecule has 0 saturated heterocycles. The van der Waals surface area contributed by atoms with Crippen LogP contribution in [0.1, 0.15) is 32.1 Å². The fraction of sp³-hybridized carbons (Fsp3) is 0.615. The number of hydrogen-bond acceptors (Lipinski definition) is 5. The first kappa shape index (κ1) is 12.7. The number of hydrogen-bond donors (Lipinski definition) is 1. The summed E-state index contributed by atoms with van der Waals surface area (Å²) in [5.74, 6) is 1.68. The van der Waals surface area contributed by atoms with Crippen LogP contribution in [0, 0.1) is 0 Å². The molecular weight excluding hydrogens is 258 g/mol. The lowest BCUT2D eigenvalue weighted by atomic mass is 10.4. The predicted octanol–water partition coefficient (Wildman–Crippen LogP) is 2.47. The van der Waals surface area contributed by atoms with E-state index in [2.05, 4.69) is 31.3 Å². The van der Waals surface area contributed by atoms with E-state index in [1.807, 2.05) is 6.33 Å². The Labute approximate surface area is 117 Å². The highest BCUT2D eigenvalue weighted by Crippen LogP contribution is 2.29. The molecule has 0 atom stereocenters. The molecule has 3 rings (SSSR count). The number of fused-ring (bicyclic) bond motifs is 1. The van der Waals surface area contributed by atoms with Gasteiger partial charge in [0.1, 0.15) is 11.8 Å². The van der Waals surface area contributed by atoms with Gasteiger partial charge in [0.2, 0.25) is 0 Å². The second-order valence-electron chi connectivity index (χ2n) is 5.00. The van der Waals surface area contributed by atoms with Gasteiger partial charge in [0.15, 0.2) is 11.5 Å². The van der Waals surface area contributed by atoms with Crippen molar-refractivity contribution in [3.8, 4) is 0 Å². The molecule has 2 aromatic heterocycles. The molecule has 0 aliphatic heterocycles. The summed E-state index contributed by atoms with van der Waals surface area (Å²) < 4.78 is 2.07. The molecule has 0 bridgehead atoms. The number of imidazole rings is 1. The van der Waals surface area contributed by atoms with Gasteiger partial charge in [-0.25, -0.2) is 15.0 Å². The Hall–Kier alpha value is -1.30. The Morgan fingerprint density at radius 1 is 1.26 bits per heavy atom. The van der Waals surface area contributed by atoms with Crippen molar-refractivity contribution in [1.29, 1.82) is 0 Å².